The van der Waals surface area contributed by atoms with Gasteiger partial charge in [0.05, 0.1) is 5.69 Å². The summed E-state index contributed by atoms with van der Waals surface area (Å²) in [5.41, 5.74) is 8.11. The smallest absolute Gasteiger partial charge is 0.159 e. The van der Waals surface area contributed by atoms with Gasteiger partial charge in [0.1, 0.15) is 5.84 Å². The summed E-state index contributed by atoms with van der Waals surface area (Å²) >= 11 is 0. The summed E-state index contributed by atoms with van der Waals surface area (Å²) in [6, 6.07) is 6.62. The van der Waals surface area contributed by atoms with Crippen molar-refractivity contribution in [2.45, 2.75) is 13.8 Å². The summed E-state index contributed by atoms with van der Waals surface area (Å²) in [5, 5.41) is 11.7. The van der Waals surface area contributed by atoms with E-state index in [1.54, 1.807) is 24.3 Å². The molecule has 0 saturated heterocycles. The average Bonchev–Trinajstić information content (AvgIpc) is 2.19. The van der Waals surface area contributed by atoms with E-state index >= 15 is 0 Å². The summed E-state index contributed by atoms with van der Waals surface area (Å²) in [7, 11) is 0. The summed E-state index contributed by atoms with van der Waals surface area (Å²) < 4.78 is 0. The fraction of sp³-hybridized carbons (Fsp3) is 0.200. The van der Waals surface area contributed by atoms with Crippen LogP contribution in [0.15, 0.2) is 29.5 Å². The van der Waals surface area contributed by atoms with Gasteiger partial charge in [-0.25, -0.2) is 5.01 Å². The fourth-order valence-corrected chi connectivity index (χ4v) is 1.16. The third-order valence-electron chi connectivity index (χ3n) is 1.94. The fourth-order valence-electron chi connectivity index (χ4n) is 1.16. The van der Waals surface area contributed by atoms with E-state index in [1.807, 2.05) is 0 Å². The van der Waals surface area contributed by atoms with Crippen LogP contribution in [0.3, 0.4) is 0 Å². The van der Waals surface area contributed by atoms with Gasteiger partial charge in [0.2, 0.25) is 0 Å². The number of amidine groups is 1. The molecule has 0 aromatic heterocycles. The molecule has 0 spiro atoms. The number of hydrogen-bond donors (Lipinski definition) is 2. The molecular weight excluding hydrogens is 192 g/mol. The third-order valence-corrected chi connectivity index (χ3v) is 1.94. The second-order valence-electron chi connectivity index (χ2n) is 3.10. The molecule has 0 fully saturated rings. The van der Waals surface area contributed by atoms with Crippen LogP contribution in [-0.4, -0.2) is 11.6 Å². The molecule has 0 saturated carbocycles. The summed E-state index contributed by atoms with van der Waals surface area (Å²) in [6.07, 6.45) is 0. The van der Waals surface area contributed by atoms with Crippen molar-refractivity contribution in [3.8, 4) is 0 Å². The molecule has 0 aliphatic heterocycles. The van der Waals surface area contributed by atoms with E-state index < -0.39 is 0 Å². The minimum Gasteiger partial charge on any atom is -0.295 e. The predicted molar refractivity (Wildman–Crippen MR) is 57.5 cm³/mol. The summed E-state index contributed by atoms with van der Waals surface area (Å²) in [4.78, 5) is 11.0. The molecule has 0 radical (unpaired) electrons. The number of anilines is 1. The lowest BCUT2D eigenvalue weighted by molar-refractivity contribution is 0.101. The Labute approximate surface area is 87.7 Å². The highest BCUT2D eigenvalue weighted by Crippen LogP contribution is 2.16. The predicted octanol–water partition coefficient (Wildman–Crippen LogP) is 2.64. The molecule has 1 aromatic rings. The van der Waals surface area contributed by atoms with Gasteiger partial charge in [0, 0.05) is 5.56 Å². The maximum atomic E-state index is 11.0. The molecule has 0 aliphatic rings. The Balaban J connectivity index is 3.02. The first-order valence-corrected chi connectivity index (χ1v) is 4.40. The van der Waals surface area contributed by atoms with Crippen LogP contribution in [0.4, 0.5) is 5.69 Å². The Morgan fingerprint density at radius 3 is 2.13 bits per heavy atom. The maximum absolute atomic E-state index is 11.0. The van der Waals surface area contributed by atoms with Gasteiger partial charge in [-0.1, -0.05) is 5.22 Å². The van der Waals surface area contributed by atoms with E-state index in [1.165, 1.54) is 18.9 Å². The zero-order chi connectivity index (χ0) is 11.4. The largest absolute Gasteiger partial charge is 0.295 e. The van der Waals surface area contributed by atoms with Crippen LogP contribution in [0.5, 0.6) is 0 Å². The van der Waals surface area contributed by atoms with Crippen molar-refractivity contribution in [1.82, 2.24) is 0 Å². The molecular formula is C10H12N4O. The van der Waals surface area contributed by atoms with E-state index in [9.17, 15) is 4.79 Å². The van der Waals surface area contributed by atoms with Gasteiger partial charge < -0.3 is 0 Å². The number of nitrogens with zero attached hydrogens (tertiary/aromatic N) is 2. The van der Waals surface area contributed by atoms with E-state index in [2.05, 4.69) is 5.22 Å². The van der Waals surface area contributed by atoms with Crippen LogP contribution >= 0.6 is 0 Å². The number of nitrogens with one attached hydrogen (secondary N) is 2. The van der Waals surface area contributed by atoms with Gasteiger partial charge in [-0.3, -0.25) is 10.2 Å². The lowest BCUT2D eigenvalue weighted by Gasteiger charge is -2.14. The minimum atomic E-state index is -0.0116. The molecule has 78 valence electrons. The van der Waals surface area contributed by atoms with Crippen LogP contribution < -0.4 is 5.01 Å². The van der Waals surface area contributed by atoms with E-state index in [0.29, 0.717) is 11.3 Å². The monoisotopic (exact) mass is 204 g/mol. The molecule has 1 rings (SSSR count). The van der Waals surface area contributed by atoms with Crippen LogP contribution in [-0.2, 0) is 0 Å². The number of Topliss-reactive ketones (excluding diaryl/α,β-unsaturated/α-hetero) is 1. The van der Waals surface area contributed by atoms with Gasteiger partial charge in [-0.15, -0.1) is 0 Å². The molecule has 0 aliphatic carbocycles. The van der Waals surface area contributed by atoms with E-state index in [0.717, 1.165) is 0 Å². The SMILES string of the molecule is CC(=N)N(N=N)c1ccc(C(C)=O)cc1. The zero-order valence-electron chi connectivity index (χ0n) is 8.61. The Bertz CT molecular complexity index is 396. The van der Waals surface area contributed by atoms with Crippen LogP contribution in [0, 0.1) is 10.9 Å². The van der Waals surface area contributed by atoms with Crippen molar-refractivity contribution in [3.63, 3.8) is 0 Å². The minimum absolute atomic E-state index is 0.0116. The van der Waals surface area contributed by atoms with Crippen molar-refractivity contribution in [2.75, 3.05) is 5.01 Å². The topological polar surface area (TPSA) is 80.4 Å². The standard InChI is InChI=1S/C10H12N4O/c1-7(15)9-3-5-10(6-4-9)14(13-12)8(2)11/h3-6,11-12H,1-2H3. The number of benzene rings is 1. The molecule has 0 unspecified atom stereocenters. The van der Waals surface area contributed by atoms with Crippen LogP contribution in [0.25, 0.3) is 0 Å². The quantitative estimate of drug-likeness (QED) is 0.261. The van der Waals surface area contributed by atoms with Gasteiger partial charge in [0.25, 0.3) is 0 Å². The normalized spacial score (nSPS) is 9.47. The second-order valence-corrected chi connectivity index (χ2v) is 3.10. The van der Waals surface area contributed by atoms with E-state index in [4.69, 9.17) is 10.9 Å². The first-order valence-electron chi connectivity index (χ1n) is 4.40. The molecule has 5 heteroatoms. The van der Waals surface area contributed by atoms with Crippen LogP contribution in [0.2, 0.25) is 0 Å². The number of hydrogen-bond acceptors (Lipinski definition) is 4. The molecule has 15 heavy (non-hydrogen) atoms. The van der Waals surface area contributed by atoms with Gasteiger partial charge in [-0.2, -0.15) is 5.53 Å². The lowest BCUT2D eigenvalue weighted by atomic mass is 10.1. The maximum Gasteiger partial charge on any atom is 0.159 e. The third kappa shape index (κ3) is 2.46. The number of rotatable bonds is 3. The molecule has 0 bridgehead atoms. The van der Waals surface area contributed by atoms with Crippen molar-refractivity contribution in [3.05, 3.63) is 29.8 Å². The number of carbonyl (C=O) groups is 1. The Morgan fingerprint density at radius 2 is 1.80 bits per heavy atom. The van der Waals surface area contributed by atoms with Gasteiger partial charge in [0.15, 0.2) is 5.78 Å². The number of ketones is 1. The molecule has 0 atom stereocenters. The van der Waals surface area contributed by atoms with Crippen molar-refractivity contribution in [1.29, 1.82) is 10.9 Å². The van der Waals surface area contributed by atoms with E-state index in [-0.39, 0.29) is 11.6 Å². The average molecular weight is 204 g/mol. The van der Waals surface area contributed by atoms with Gasteiger partial charge in [-0.05, 0) is 38.1 Å². The lowest BCUT2D eigenvalue weighted by Crippen LogP contribution is -2.20. The molecule has 1 aromatic carbocycles. The van der Waals surface area contributed by atoms with Crippen molar-refractivity contribution >= 4 is 17.3 Å². The summed E-state index contributed by atoms with van der Waals surface area (Å²) in [5.74, 6) is 0.142. The Morgan fingerprint density at radius 1 is 1.27 bits per heavy atom. The Kier molecular flexibility index (Phi) is 3.28. The highest BCUT2D eigenvalue weighted by molar-refractivity contribution is 5.96. The van der Waals surface area contributed by atoms with Gasteiger partial charge >= 0.3 is 0 Å². The molecule has 2 N–H and O–H groups in total. The van der Waals surface area contributed by atoms with Crippen molar-refractivity contribution < 1.29 is 4.79 Å². The second kappa shape index (κ2) is 4.45. The molecule has 5 nitrogen and oxygen atoms in total. The first-order chi connectivity index (χ1) is 7.06. The van der Waals surface area contributed by atoms with Crippen LogP contribution in [0.1, 0.15) is 24.2 Å². The van der Waals surface area contributed by atoms with Crippen molar-refractivity contribution in [2.24, 2.45) is 5.22 Å². The Hall–Kier alpha value is -2.04. The summed E-state index contributed by atoms with van der Waals surface area (Å²) in [6.45, 7) is 3.03. The highest BCUT2D eigenvalue weighted by atomic mass is 16.1. The number of carbonyl (C=O) groups excluding carboxylic acids is 1. The first kappa shape index (κ1) is 11.0. The molecule has 0 heterocycles. The molecule has 0 amide bonds. The highest BCUT2D eigenvalue weighted by Gasteiger charge is 2.07. The zero-order valence-corrected chi connectivity index (χ0v) is 8.61.